The maximum Gasteiger partial charge on any atom is 0.309 e. The highest BCUT2D eigenvalue weighted by Crippen LogP contribution is 2.31. The summed E-state index contributed by atoms with van der Waals surface area (Å²) < 4.78 is 48.6. The summed E-state index contributed by atoms with van der Waals surface area (Å²) >= 11 is 0. The van der Waals surface area contributed by atoms with Crippen LogP contribution in [0.2, 0.25) is 0 Å². The zero-order valence-corrected chi connectivity index (χ0v) is 18.5. The topological polar surface area (TPSA) is 136 Å². The largest absolute Gasteiger partial charge is 0.493 e. The lowest BCUT2D eigenvalue weighted by Gasteiger charge is -2.34. The fraction of sp³-hybridized carbons (Fsp3) is 0.400. The normalized spacial score (nSPS) is 16.9. The standard InChI is InChI=1S/C20H25N3O8S/c1-28-16-7-6-15(11-17(16)29-2)32(26,27)23-8-4-10-31-18(23)13-22-20(25)19(24)21-12-14-5-3-9-30-14/h3,5-7,9,11,18H,4,8,10,12-13H2,1-2H3,(H,21,24)(H,22,25)/t18-/m0/s1. The lowest BCUT2D eigenvalue weighted by atomic mass is 10.3. The second kappa shape index (κ2) is 10.5. The van der Waals surface area contributed by atoms with Gasteiger partial charge in [-0.25, -0.2) is 8.42 Å². The van der Waals surface area contributed by atoms with E-state index in [0.717, 1.165) is 4.31 Å². The van der Waals surface area contributed by atoms with E-state index in [1.807, 2.05) is 0 Å². The Morgan fingerprint density at radius 3 is 2.56 bits per heavy atom. The van der Waals surface area contributed by atoms with Crippen molar-refractivity contribution in [2.75, 3.05) is 33.9 Å². The Hall–Kier alpha value is -3.09. The molecule has 1 aliphatic heterocycles. The minimum atomic E-state index is -3.97. The molecule has 2 amide bonds. The van der Waals surface area contributed by atoms with Crippen molar-refractivity contribution < 1.29 is 36.6 Å². The molecule has 32 heavy (non-hydrogen) atoms. The van der Waals surface area contributed by atoms with Crippen molar-refractivity contribution in [1.29, 1.82) is 0 Å². The van der Waals surface area contributed by atoms with Crippen LogP contribution in [0.5, 0.6) is 11.5 Å². The van der Waals surface area contributed by atoms with E-state index in [1.165, 1.54) is 38.7 Å². The van der Waals surface area contributed by atoms with Gasteiger partial charge in [-0.05, 0) is 30.7 Å². The first-order chi connectivity index (χ1) is 15.4. The summed E-state index contributed by atoms with van der Waals surface area (Å²) in [5.74, 6) is -0.620. The average Bonchev–Trinajstić information content (AvgIpc) is 3.34. The number of ether oxygens (including phenoxy) is 3. The van der Waals surface area contributed by atoms with Gasteiger partial charge in [0, 0.05) is 12.6 Å². The molecule has 1 atom stereocenters. The first-order valence-corrected chi connectivity index (χ1v) is 11.2. The minimum Gasteiger partial charge on any atom is -0.493 e. The van der Waals surface area contributed by atoms with E-state index in [0.29, 0.717) is 24.5 Å². The van der Waals surface area contributed by atoms with Gasteiger partial charge in [-0.1, -0.05) is 0 Å². The lowest BCUT2D eigenvalue weighted by molar-refractivity contribution is -0.140. The van der Waals surface area contributed by atoms with E-state index < -0.39 is 28.1 Å². The van der Waals surface area contributed by atoms with Crippen molar-refractivity contribution >= 4 is 21.8 Å². The van der Waals surface area contributed by atoms with E-state index in [2.05, 4.69) is 10.6 Å². The Labute approximate surface area is 185 Å². The molecule has 0 saturated carbocycles. The van der Waals surface area contributed by atoms with Crippen molar-refractivity contribution in [2.45, 2.75) is 24.1 Å². The van der Waals surface area contributed by atoms with Crippen molar-refractivity contribution in [3.63, 3.8) is 0 Å². The Morgan fingerprint density at radius 1 is 1.12 bits per heavy atom. The fourth-order valence-electron chi connectivity index (χ4n) is 3.14. The van der Waals surface area contributed by atoms with E-state index >= 15 is 0 Å². The summed E-state index contributed by atoms with van der Waals surface area (Å²) in [6.45, 7) is 0.379. The maximum absolute atomic E-state index is 13.2. The third-order valence-corrected chi connectivity index (χ3v) is 6.65. The monoisotopic (exact) mass is 467 g/mol. The number of nitrogens with one attached hydrogen (secondary N) is 2. The summed E-state index contributed by atoms with van der Waals surface area (Å²) in [5, 5.41) is 4.84. The number of benzene rings is 1. The Morgan fingerprint density at radius 2 is 1.88 bits per heavy atom. The zero-order chi connectivity index (χ0) is 23.1. The molecular formula is C20H25N3O8S. The van der Waals surface area contributed by atoms with Crippen molar-refractivity contribution in [3.05, 3.63) is 42.4 Å². The summed E-state index contributed by atoms with van der Waals surface area (Å²) in [7, 11) is -1.11. The van der Waals surface area contributed by atoms with Crippen molar-refractivity contribution in [2.24, 2.45) is 0 Å². The van der Waals surface area contributed by atoms with E-state index in [-0.39, 0.29) is 30.3 Å². The first kappa shape index (κ1) is 23.6. The fourth-order valence-corrected chi connectivity index (χ4v) is 4.72. The van der Waals surface area contributed by atoms with Crippen LogP contribution < -0.4 is 20.1 Å². The third kappa shape index (κ3) is 5.39. The molecule has 0 aliphatic carbocycles. The van der Waals surface area contributed by atoms with Crippen LogP contribution in [0.15, 0.2) is 45.9 Å². The van der Waals surface area contributed by atoms with Crippen LogP contribution >= 0.6 is 0 Å². The molecule has 0 spiro atoms. The molecule has 2 aromatic rings. The predicted octanol–water partition coefficient (Wildman–Crippen LogP) is 0.467. The van der Waals surface area contributed by atoms with Crippen LogP contribution in [-0.2, 0) is 30.9 Å². The van der Waals surface area contributed by atoms with Crippen LogP contribution in [-0.4, -0.2) is 64.7 Å². The summed E-state index contributed by atoms with van der Waals surface area (Å²) in [6, 6.07) is 7.58. The molecule has 1 aromatic heterocycles. The molecule has 11 nitrogen and oxygen atoms in total. The molecule has 1 fully saturated rings. The molecule has 12 heteroatoms. The second-order valence-corrected chi connectivity index (χ2v) is 8.67. The molecular weight excluding hydrogens is 442 g/mol. The van der Waals surface area contributed by atoms with Gasteiger partial charge < -0.3 is 29.3 Å². The number of hydrogen-bond donors (Lipinski definition) is 2. The third-order valence-electron chi connectivity index (χ3n) is 4.76. The van der Waals surface area contributed by atoms with E-state index in [4.69, 9.17) is 18.6 Å². The van der Waals surface area contributed by atoms with Gasteiger partial charge in [-0.2, -0.15) is 4.31 Å². The number of nitrogens with zero attached hydrogens (tertiary/aromatic N) is 1. The summed E-state index contributed by atoms with van der Waals surface area (Å²) in [6.07, 6.45) is 0.972. The van der Waals surface area contributed by atoms with Crippen LogP contribution in [0.3, 0.4) is 0 Å². The molecule has 0 unspecified atom stereocenters. The number of carbonyl (C=O) groups is 2. The first-order valence-electron chi connectivity index (χ1n) is 9.80. The van der Waals surface area contributed by atoms with Gasteiger partial charge in [0.1, 0.15) is 12.0 Å². The predicted molar refractivity (Wildman–Crippen MR) is 111 cm³/mol. The summed E-state index contributed by atoms with van der Waals surface area (Å²) in [5.41, 5.74) is 0. The molecule has 1 aromatic carbocycles. The van der Waals surface area contributed by atoms with Crippen molar-refractivity contribution in [3.8, 4) is 11.5 Å². The number of furan rings is 1. The second-order valence-electron chi connectivity index (χ2n) is 6.78. The number of amides is 2. The van der Waals surface area contributed by atoms with Gasteiger partial charge >= 0.3 is 11.8 Å². The molecule has 0 bridgehead atoms. The molecule has 1 saturated heterocycles. The number of sulfonamides is 1. The smallest absolute Gasteiger partial charge is 0.309 e. The van der Waals surface area contributed by atoms with Crippen LogP contribution in [0.4, 0.5) is 0 Å². The number of rotatable bonds is 8. The maximum atomic E-state index is 13.2. The zero-order valence-electron chi connectivity index (χ0n) is 17.7. The van der Waals surface area contributed by atoms with Crippen LogP contribution in [0, 0.1) is 0 Å². The Kier molecular flexibility index (Phi) is 7.72. The number of carbonyl (C=O) groups excluding carboxylic acids is 2. The molecule has 174 valence electrons. The molecule has 2 heterocycles. The highest BCUT2D eigenvalue weighted by atomic mass is 32.2. The number of hydrogen-bond acceptors (Lipinski definition) is 8. The van der Waals surface area contributed by atoms with Gasteiger partial charge in [0.25, 0.3) is 0 Å². The average molecular weight is 468 g/mol. The van der Waals surface area contributed by atoms with E-state index in [9.17, 15) is 18.0 Å². The highest BCUT2D eigenvalue weighted by molar-refractivity contribution is 7.89. The molecule has 0 radical (unpaired) electrons. The minimum absolute atomic E-state index is 0.00633. The van der Waals surface area contributed by atoms with Gasteiger partial charge in [0.2, 0.25) is 10.0 Å². The molecule has 3 rings (SSSR count). The number of methoxy groups -OCH3 is 2. The van der Waals surface area contributed by atoms with Gasteiger partial charge in [0.05, 0.1) is 45.1 Å². The molecule has 1 aliphatic rings. The van der Waals surface area contributed by atoms with Crippen LogP contribution in [0.25, 0.3) is 0 Å². The molecule has 2 N–H and O–H groups in total. The van der Waals surface area contributed by atoms with Crippen LogP contribution in [0.1, 0.15) is 12.2 Å². The summed E-state index contributed by atoms with van der Waals surface area (Å²) in [4.78, 5) is 24.1. The lowest BCUT2D eigenvalue weighted by Crippen LogP contribution is -2.53. The Balaban J connectivity index is 1.66. The Bertz CT molecular complexity index is 1040. The highest BCUT2D eigenvalue weighted by Gasteiger charge is 2.35. The quantitative estimate of drug-likeness (QED) is 0.535. The van der Waals surface area contributed by atoms with E-state index in [1.54, 1.807) is 12.1 Å². The van der Waals surface area contributed by atoms with Gasteiger partial charge in [0.15, 0.2) is 11.5 Å². The van der Waals surface area contributed by atoms with Gasteiger partial charge in [-0.3, -0.25) is 9.59 Å². The van der Waals surface area contributed by atoms with Gasteiger partial charge in [-0.15, -0.1) is 0 Å². The SMILES string of the molecule is COc1ccc(S(=O)(=O)N2CCCO[C@H]2CNC(=O)C(=O)NCc2ccco2)cc1OC. The van der Waals surface area contributed by atoms with Crippen molar-refractivity contribution in [1.82, 2.24) is 14.9 Å².